The molecule has 2 nitrogen and oxygen atoms in total. The zero-order valence-electron chi connectivity index (χ0n) is 33.7. The third kappa shape index (κ3) is 6.11. The fourth-order valence-corrected chi connectivity index (χ4v) is 12.9. The van der Waals surface area contributed by atoms with Crippen LogP contribution in [-0.2, 0) is 0 Å². The average Bonchev–Trinajstić information content (AvgIpc) is 4.06. The number of benzene rings is 9. The van der Waals surface area contributed by atoms with Gasteiger partial charge in [0.15, 0.2) is 5.82 Å². The van der Waals surface area contributed by atoms with Crippen molar-refractivity contribution in [1.29, 1.82) is 0 Å². The summed E-state index contributed by atoms with van der Waals surface area (Å²) in [6, 6.07) is 74.9. The van der Waals surface area contributed by atoms with E-state index in [4.69, 9.17) is 9.97 Å². The largest absolute Gasteiger partial charge is 0.228 e. The van der Waals surface area contributed by atoms with Crippen LogP contribution in [0.3, 0.4) is 0 Å². The Kier molecular flexibility index (Phi) is 8.48. The molecule has 0 aliphatic carbocycles. The number of thiophene rings is 3. The van der Waals surface area contributed by atoms with E-state index in [1.165, 1.54) is 82.8 Å². The van der Waals surface area contributed by atoms with Crippen LogP contribution >= 0.6 is 34.0 Å². The quantitative estimate of drug-likeness (QED) is 0.167. The molecule has 0 saturated carbocycles. The summed E-state index contributed by atoms with van der Waals surface area (Å²) in [5, 5.41) is 7.78. The van der Waals surface area contributed by atoms with Crippen LogP contribution in [0.25, 0.3) is 128 Å². The maximum atomic E-state index is 5.38. The van der Waals surface area contributed by atoms with Gasteiger partial charge >= 0.3 is 0 Å². The summed E-state index contributed by atoms with van der Waals surface area (Å²) >= 11 is 5.59. The second-order valence-corrected chi connectivity index (χ2v) is 19.2. The molecular formula is C58H34N2S3. The highest BCUT2D eigenvalue weighted by atomic mass is 32.1. The highest BCUT2D eigenvalue weighted by molar-refractivity contribution is 7.27. The molecule has 5 heteroatoms. The van der Waals surface area contributed by atoms with Gasteiger partial charge in [0.1, 0.15) is 0 Å². The molecule has 0 atom stereocenters. The summed E-state index contributed by atoms with van der Waals surface area (Å²) in [6.07, 6.45) is 0. The second-order valence-electron chi connectivity index (χ2n) is 16.0. The van der Waals surface area contributed by atoms with Crippen LogP contribution in [0.15, 0.2) is 206 Å². The fraction of sp³-hybridized carbons (Fsp3) is 0. The molecule has 0 aliphatic heterocycles. The molecule has 4 heterocycles. The zero-order valence-corrected chi connectivity index (χ0v) is 36.2. The van der Waals surface area contributed by atoms with Gasteiger partial charge in [0, 0.05) is 77.2 Å². The summed E-state index contributed by atoms with van der Waals surface area (Å²) in [7, 11) is 0. The third-order valence-electron chi connectivity index (χ3n) is 12.3. The van der Waals surface area contributed by atoms with Gasteiger partial charge in [0.05, 0.1) is 11.4 Å². The van der Waals surface area contributed by atoms with E-state index in [2.05, 4.69) is 200 Å². The maximum absolute atomic E-state index is 5.38. The van der Waals surface area contributed by atoms with Gasteiger partial charge in [-0.1, -0.05) is 158 Å². The van der Waals surface area contributed by atoms with E-state index >= 15 is 0 Å². The molecule has 9 aromatic carbocycles. The van der Waals surface area contributed by atoms with Crippen LogP contribution in [-0.4, -0.2) is 9.97 Å². The summed E-state index contributed by atoms with van der Waals surface area (Å²) in [5.41, 5.74) is 12.1. The lowest BCUT2D eigenvalue weighted by atomic mass is 9.92. The van der Waals surface area contributed by atoms with Gasteiger partial charge in [-0.25, -0.2) is 9.97 Å². The lowest BCUT2D eigenvalue weighted by molar-refractivity contribution is 1.18. The second kappa shape index (κ2) is 14.7. The normalized spacial score (nSPS) is 11.8. The number of aromatic nitrogens is 2. The molecule has 0 saturated heterocycles. The van der Waals surface area contributed by atoms with E-state index in [-0.39, 0.29) is 0 Å². The van der Waals surface area contributed by atoms with Gasteiger partial charge in [0.2, 0.25) is 0 Å². The Morgan fingerprint density at radius 2 is 0.730 bits per heavy atom. The lowest BCUT2D eigenvalue weighted by Gasteiger charge is -2.14. The molecule has 4 aromatic heterocycles. The maximum Gasteiger partial charge on any atom is 0.160 e. The van der Waals surface area contributed by atoms with Crippen molar-refractivity contribution in [2.75, 3.05) is 0 Å². The molecule has 0 bridgehead atoms. The Hall–Kier alpha value is -7.28. The van der Waals surface area contributed by atoms with Crippen LogP contribution in [0.2, 0.25) is 0 Å². The van der Waals surface area contributed by atoms with Crippen molar-refractivity contribution in [2.24, 2.45) is 0 Å². The van der Waals surface area contributed by atoms with Crippen molar-refractivity contribution in [2.45, 2.75) is 0 Å². The molecule has 0 fully saturated rings. The Bertz CT molecular complexity index is 3910. The van der Waals surface area contributed by atoms with Gasteiger partial charge in [-0.15, -0.1) is 34.0 Å². The first-order chi connectivity index (χ1) is 31.2. The number of hydrogen-bond donors (Lipinski definition) is 0. The summed E-state index contributed by atoms with van der Waals surface area (Å²) < 4.78 is 7.80. The average molecular weight is 855 g/mol. The molecule has 294 valence electrons. The van der Waals surface area contributed by atoms with Crippen LogP contribution in [0.1, 0.15) is 0 Å². The van der Waals surface area contributed by atoms with E-state index in [0.717, 1.165) is 39.2 Å². The first kappa shape index (κ1) is 36.4. The van der Waals surface area contributed by atoms with E-state index in [0.29, 0.717) is 5.82 Å². The van der Waals surface area contributed by atoms with Gasteiger partial charge in [-0.2, -0.15) is 0 Å². The van der Waals surface area contributed by atoms with Crippen LogP contribution in [0, 0.1) is 0 Å². The molecule has 0 N–H and O–H groups in total. The first-order valence-corrected chi connectivity index (χ1v) is 23.6. The minimum absolute atomic E-state index is 0.701. The van der Waals surface area contributed by atoms with Crippen molar-refractivity contribution in [3.8, 4) is 67.3 Å². The zero-order chi connectivity index (χ0) is 41.4. The highest BCUT2D eigenvalue weighted by Gasteiger charge is 2.19. The molecule has 13 aromatic rings. The number of fused-ring (bicyclic) bond motifs is 9. The van der Waals surface area contributed by atoms with Gasteiger partial charge < -0.3 is 0 Å². The summed E-state index contributed by atoms with van der Waals surface area (Å²) in [4.78, 5) is 10.7. The van der Waals surface area contributed by atoms with Gasteiger partial charge in [0.25, 0.3) is 0 Å². The topological polar surface area (TPSA) is 25.8 Å². The van der Waals surface area contributed by atoms with Crippen molar-refractivity contribution in [1.82, 2.24) is 9.97 Å². The molecule has 0 unspecified atom stereocenters. The van der Waals surface area contributed by atoms with Gasteiger partial charge in [-0.3, -0.25) is 0 Å². The van der Waals surface area contributed by atoms with Crippen LogP contribution in [0.4, 0.5) is 0 Å². The predicted molar refractivity (Wildman–Crippen MR) is 273 cm³/mol. The fourth-order valence-electron chi connectivity index (χ4n) is 9.33. The van der Waals surface area contributed by atoms with Crippen molar-refractivity contribution in [3.63, 3.8) is 0 Å². The van der Waals surface area contributed by atoms with Crippen LogP contribution < -0.4 is 0 Å². The molecule has 63 heavy (non-hydrogen) atoms. The number of nitrogens with zero attached hydrogens (tertiary/aromatic N) is 2. The summed E-state index contributed by atoms with van der Waals surface area (Å²) in [5.74, 6) is 0.701. The molecule has 0 spiro atoms. The van der Waals surface area contributed by atoms with E-state index in [1.54, 1.807) is 0 Å². The van der Waals surface area contributed by atoms with E-state index in [9.17, 15) is 0 Å². The van der Waals surface area contributed by atoms with Crippen molar-refractivity contribution < 1.29 is 0 Å². The summed E-state index contributed by atoms with van der Waals surface area (Å²) in [6.45, 7) is 0. The Labute approximate surface area is 375 Å². The molecule has 0 amide bonds. The van der Waals surface area contributed by atoms with Gasteiger partial charge in [-0.05, 0) is 81.9 Å². The predicted octanol–water partition coefficient (Wildman–Crippen LogP) is 17.6. The first-order valence-electron chi connectivity index (χ1n) is 21.1. The Morgan fingerprint density at radius 3 is 1.40 bits per heavy atom. The highest BCUT2D eigenvalue weighted by Crippen LogP contribution is 2.46. The molecular weight excluding hydrogens is 821 g/mol. The minimum atomic E-state index is 0.701. The van der Waals surface area contributed by atoms with Crippen molar-refractivity contribution >= 4 is 94.5 Å². The lowest BCUT2D eigenvalue weighted by Crippen LogP contribution is -1.96. The smallest absolute Gasteiger partial charge is 0.160 e. The van der Waals surface area contributed by atoms with Crippen LogP contribution in [0.5, 0.6) is 0 Å². The SMILES string of the molecule is c1ccc(-c2nc(-c3ccc(-c4cccc5c4sc4ccccc45)cc3)cc(-c3cc(-c4cccc5c4sc4ccccc45)cc(-c4cccc5sc6ccccc6c45)c3)n2)cc1. The minimum Gasteiger partial charge on any atom is -0.228 e. The van der Waals surface area contributed by atoms with E-state index < -0.39 is 0 Å². The molecule has 0 radical (unpaired) electrons. The monoisotopic (exact) mass is 854 g/mol. The number of hydrogen-bond acceptors (Lipinski definition) is 5. The Balaban J connectivity index is 1.02. The third-order valence-corrected chi connectivity index (χ3v) is 15.9. The van der Waals surface area contributed by atoms with E-state index in [1.807, 2.05) is 40.1 Å². The molecule has 0 aliphatic rings. The molecule has 13 rings (SSSR count). The Morgan fingerprint density at radius 1 is 0.270 bits per heavy atom. The number of rotatable bonds is 6. The standard InChI is InChI=1S/C58H34N2S3/c1-2-13-37(14-3-1)58-59-49(36-29-27-35(28-30-36)42-19-10-21-46-44-15-4-7-23-51(44)62-56(42)46)34-50(60-58)40-32-38(41-18-12-26-54-55(41)48-17-6-9-25-53(48)61-54)31-39(33-40)43-20-11-22-47-45-16-5-8-24-52(45)63-57(43)47/h1-34H. The van der Waals surface area contributed by atoms with Crippen molar-refractivity contribution in [3.05, 3.63) is 206 Å².